The topological polar surface area (TPSA) is 50.8 Å². The van der Waals surface area contributed by atoms with E-state index in [4.69, 9.17) is 9.47 Å². The Morgan fingerprint density at radius 2 is 1.93 bits per heavy atom. The van der Waals surface area contributed by atoms with Crippen LogP contribution in [0.2, 0.25) is 0 Å². The summed E-state index contributed by atoms with van der Waals surface area (Å²) in [6.07, 6.45) is 4.60. The molecule has 2 aromatic rings. The fourth-order valence-electron chi connectivity index (χ4n) is 3.40. The molecule has 0 radical (unpaired) electrons. The number of anilines is 1. The molecule has 1 fully saturated rings. The number of nitrogens with one attached hydrogen (secondary N) is 1. The maximum atomic E-state index is 12.7. The highest BCUT2D eigenvalue weighted by Gasteiger charge is 2.14. The van der Waals surface area contributed by atoms with Crippen molar-refractivity contribution in [2.45, 2.75) is 39.2 Å². The molecule has 1 heterocycles. The van der Waals surface area contributed by atoms with Crippen LogP contribution in [0.25, 0.3) is 0 Å². The van der Waals surface area contributed by atoms with E-state index in [0.29, 0.717) is 23.7 Å². The number of rotatable bonds is 9. The van der Waals surface area contributed by atoms with E-state index in [-0.39, 0.29) is 5.91 Å². The number of benzene rings is 2. The minimum atomic E-state index is -0.156. The molecule has 0 bridgehead atoms. The second-order valence-corrected chi connectivity index (χ2v) is 7.21. The Balaban J connectivity index is 1.65. The largest absolute Gasteiger partial charge is 0.493 e. The van der Waals surface area contributed by atoms with Crippen LogP contribution in [0.1, 0.15) is 48.5 Å². The van der Waals surface area contributed by atoms with E-state index in [1.165, 1.54) is 18.4 Å². The van der Waals surface area contributed by atoms with Crippen LogP contribution in [0.15, 0.2) is 42.5 Å². The van der Waals surface area contributed by atoms with E-state index in [1.807, 2.05) is 12.1 Å². The number of carbonyl (C=O) groups is 1. The molecular formula is C23H30N2O3. The van der Waals surface area contributed by atoms with Crippen molar-refractivity contribution >= 4 is 11.6 Å². The summed E-state index contributed by atoms with van der Waals surface area (Å²) in [5.74, 6) is 1.09. The van der Waals surface area contributed by atoms with E-state index in [2.05, 4.69) is 29.3 Å². The van der Waals surface area contributed by atoms with Crippen molar-refractivity contribution in [2.24, 2.45) is 0 Å². The SMILES string of the molecule is CCCCOc1ccc(C(=O)Nc2cccc(CN3CCCC3)c2)cc1OC. The molecule has 0 aromatic heterocycles. The number of likely N-dealkylation sites (tertiary alicyclic amines) is 1. The molecule has 1 N–H and O–H groups in total. The molecule has 28 heavy (non-hydrogen) atoms. The summed E-state index contributed by atoms with van der Waals surface area (Å²) in [7, 11) is 1.59. The fourth-order valence-corrected chi connectivity index (χ4v) is 3.40. The van der Waals surface area contributed by atoms with Gasteiger partial charge in [0.1, 0.15) is 0 Å². The lowest BCUT2D eigenvalue weighted by atomic mass is 10.1. The number of nitrogens with zero attached hydrogens (tertiary/aromatic N) is 1. The zero-order valence-electron chi connectivity index (χ0n) is 16.9. The minimum Gasteiger partial charge on any atom is -0.493 e. The summed E-state index contributed by atoms with van der Waals surface area (Å²) in [6.45, 7) is 6.00. The van der Waals surface area contributed by atoms with Gasteiger partial charge in [-0.25, -0.2) is 0 Å². The first-order valence-electron chi connectivity index (χ1n) is 10.1. The molecule has 5 nitrogen and oxygen atoms in total. The Bertz CT molecular complexity index is 785. The third-order valence-corrected chi connectivity index (χ3v) is 4.97. The van der Waals surface area contributed by atoms with Crippen molar-refractivity contribution in [2.75, 3.05) is 32.1 Å². The van der Waals surface area contributed by atoms with Crippen LogP contribution in [0.4, 0.5) is 5.69 Å². The summed E-state index contributed by atoms with van der Waals surface area (Å²) in [6, 6.07) is 13.4. The van der Waals surface area contributed by atoms with Crippen molar-refractivity contribution in [3.05, 3.63) is 53.6 Å². The average molecular weight is 383 g/mol. The average Bonchev–Trinajstić information content (AvgIpc) is 3.21. The van der Waals surface area contributed by atoms with Gasteiger partial charge in [0.25, 0.3) is 5.91 Å². The first-order chi connectivity index (χ1) is 13.7. The van der Waals surface area contributed by atoms with Crippen LogP contribution in [0.5, 0.6) is 11.5 Å². The second kappa shape index (κ2) is 10.1. The molecule has 0 unspecified atom stereocenters. The molecule has 0 aliphatic carbocycles. The third-order valence-electron chi connectivity index (χ3n) is 4.97. The van der Waals surface area contributed by atoms with Crippen LogP contribution in [0, 0.1) is 0 Å². The molecule has 2 aromatic carbocycles. The van der Waals surface area contributed by atoms with Crippen molar-refractivity contribution in [3.63, 3.8) is 0 Å². The highest BCUT2D eigenvalue weighted by atomic mass is 16.5. The smallest absolute Gasteiger partial charge is 0.255 e. The fraction of sp³-hybridized carbons (Fsp3) is 0.435. The summed E-state index contributed by atoms with van der Waals surface area (Å²) in [4.78, 5) is 15.1. The molecule has 1 aliphatic heterocycles. The van der Waals surface area contributed by atoms with Crippen LogP contribution in [-0.2, 0) is 6.54 Å². The number of methoxy groups -OCH3 is 1. The van der Waals surface area contributed by atoms with Crippen molar-refractivity contribution in [1.29, 1.82) is 0 Å². The normalized spacial score (nSPS) is 14.1. The van der Waals surface area contributed by atoms with Gasteiger partial charge < -0.3 is 14.8 Å². The molecule has 3 rings (SSSR count). The lowest BCUT2D eigenvalue weighted by molar-refractivity contribution is 0.102. The van der Waals surface area contributed by atoms with Gasteiger partial charge in [-0.1, -0.05) is 25.5 Å². The lowest BCUT2D eigenvalue weighted by Crippen LogP contribution is -2.18. The van der Waals surface area contributed by atoms with Crippen molar-refractivity contribution in [1.82, 2.24) is 4.90 Å². The van der Waals surface area contributed by atoms with Gasteiger partial charge in [0.2, 0.25) is 0 Å². The van der Waals surface area contributed by atoms with Gasteiger partial charge in [-0.15, -0.1) is 0 Å². The summed E-state index contributed by atoms with van der Waals surface area (Å²) >= 11 is 0. The molecule has 0 saturated carbocycles. The van der Waals surface area contributed by atoms with Gasteiger partial charge in [-0.05, 0) is 68.2 Å². The molecule has 0 atom stereocenters. The monoisotopic (exact) mass is 382 g/mol. The molecule has 0 spiro atoms. The maximum Gasteiger partial charge on any atom is 0.255 e. The molecule has 1 amide bonds. The molecule has 150 valence electrons. The Kier molecular flexibility index (Phi) is 7.31. The number of unbranched alkanes of at least 4 members (excludes halogenated alkanes) is 1. The lowest BCUT2D eigenvalue weighted by Gasteiger charge is -2.15. The van der Waals surface area contributed by atoms with Crippen LogP contribution in [-0.4, -0.2) is 37.6 Å². The van der Waals surface area contributed by atoms with Crippen LogP contribution >= 0.6 is 0 Å². The van der Waals surface area contributed by atoms with Gasteiger partial charge in [-0.3, -0.25) is 9.69 Å². The molecular weight excluding hydrogens is 352 g/mol. The first-order valence-corrected chi connectivity index (χ1v) is 10.1. The van der Waals surface area contributed by atoms with Gasteiger partial charge in [-0.2, -0.15) is 0 Å². The number of ether oxygens (including phenoxy) is 2. The van der Waals surface area contributed by atoms with Crippen molar-refractivity contribution < 1.29 is 14.3 Å². The second-order valence-electron chi connectivity index (χ2n) is 7.21. The molecule has 1 aliphatic rings. The van der Waals surface area contributed by atoms with Crippen LogP contribution < -0.4 is 14.8 Å². The first kappa shape index (κ1) is 20.2. The van der Waals surface area contributed by atoms with Gasteiger partial charge in [0.15, 0.2) is 11.5 Å². The van der Waals surface area contributed by atoms with Gasteiger partial charge in [0.05, 0.1) is 13.7 Å². The maximum absolute atomic E-state index is 12.7. The number of hydrogen-bond donors (Lipinski definition) is 1. The van der Waals surface area contributed by atoms with Crippen LogP contribution in [0.3, 0.4) is 0 Å². The van der Waals surface area contributed by atoms with E-state index >= 15 is 0 Å². The summed E-state index contributed by atoms with van der Waals surface area (Å²) in [5.41, 5.74) is 2.57. The summed E-state index contributed by atoms with van der Waals surface area (Å²) in [5, 5.41) is 2.99. The predicted molar refractivity (Wildman–Crippen MR) is 112 cm³/mol. The Morgan fingerprint density at radius 3 is 2.68 bits per heavy atom. The Morgan fingerprint density at radius 1 is 1.11 bits per heavy atom. The van der Waals surface area contributed by atoms with E-state index in [1.54, 1.807) is 25.3 Å². The van der Waals surface area contributed by atoms with Crippen molar-refractivity contribution in [3.8, 4) is 11.5 Å². The van der Waals surface area contributed by atoms with Gasteiger partial charge in [0, 0.05) is 17.8 Å². The zero-order chi connectivity index (χ0) is 19.8. The highest BCUT2D eigenvalue weighted by molar-refractivity contribution is 6.04. The summed E-state index contributed by atoms with van der Waals surface area (Å²) < 4.78 is 11.1. The number of amides is 1. The number of carbonyl (C=O) groups excluding carboxylic acids is 1. The van der Waals surface area contributed by atoms with E-state index in [0.717, 1.165) is 38.2 Å². The zero-order valence-corrected chi connectivity index (χ0v) is 16.9. The van der Waals surface area contributed by atoms with Gasteiger partial charge >= 0.3 is 0 Å². The van der Waals surface area contributed by atoms with E-state index in [9.17, 15) is 4.79 Å². The van der Waals surface area contributed by atoms with E-state index < -0.39 is 0 Å². The quantitative estimate of drug-likeness (QED) is 0.638. The number of hydrogen-bond acceptors (Lipinski definition) is 4. The minimum absolute atomic E-state index is 0.156. The standard InChI is InChI=1S/C23H30N2O3/c1-3-4-14-28-21-11-10-19(16-22(21)27-2)23(26)24-20-9-7-8-18(15-20)17-25-12-5-6-13-25/h7-11,15-16H,3-6,12-14,17H2,1-2H3,(H,24,26). The molecule has 1 saturated heterocycles. The third kappa shape index (κ3) is 5.49. The highest BCUT2D eigenvalue weighted by Crippen LogP contribution is 2.28. The Labute approximate surface area is 167 Å². The molecule has 5 heteroatoms. The Hall–Kier alpha value is -2.53. The predicted octanol–water partition coefficient (Wildman–Crippen LogP) is 4.72.